The number of halogens is 3. The van der Waals surface area contributed by atoms with Crippen molar-refractivity contribution in [3.63, 3.8) is 0 Å². The first-order valence-electron chi connectivity index (χ1n) is 6.38. The first kappa shape index (κ1) is 14.6. The summed E-state index contributed by atoms with van der Waals surface area (Å²) in [6.45, 7) is 1.87. The highest BCUT2D eigenvalue weighted by Gasteiger charge is 2.17. The normalized spacial score (nSPS) is 12.4. The summed E-state index contributed by atoms with van der Waals surface area (Å²) >= 11 is 0. The summed E-state index contributed by atoms with van der Waals surface area (Å²) in [5.74, 6) is -1.57. The van der Waals surface area contributed by atoms with Crippen LogP contribution in [-0.2, 0) is 6.42 Å². The van der Waals surface area contributed by atoms with Crippen LogP contribution in [0.2, 0.25) is 0 Å². The van der Waals surface area contributed by atoms with Crippen LogP contribution in [-0.4, -0.2) is 7.05 Å². The van der Waals surface area contributed by atoms with E-state index in [0.29, 0.717) is 11.1 Å². The predicted molar refractivity (Wildman–Crippen MR) is 73.0 cm³/mol. The Labute approximate surface area is 116 Å². The Morgan fingerprint density at radius 3 is 2.40 bits per heavy atom. The molecule has 2 aromatic rings. The van der Waals surface area contributed by atoms with Gasteiger partial charge in [0.15, 0.2) is 0 Å². The van der Waals surface area contributed by atoms with Crippen molar-refractivity contribution in [1.82, 2.24) is 5.32 Å². The zero-order valence-corrected chi connectivity index (χ0v) is 11.4. The lowest BCUT2D eigenvalue weighted by Crippen LogP contribution is -2.20. The van der Waals surface area contributed by atoms with E-state index in [-0.39, 0.29) is 18.3 Å². The molecule has 106 valence electrons. The number of aryl methyl sites for hydroxylation is 1. The molecular weight excluding hydrogens is 263 g/mol. The van der Waals surface area contributed by atoms with E-state index in [0.717, 1.165) is 11.6 Å². The largest absolute Gasteiger partial charge is 0.313 e. The maximum Gasteiger partial charge on any atom is 0.129 e. The maximum atomic E-state index is 13.9. The maximum absolute atomic E-state index is 13.9. The summed E-state index contributed by atoms with van der Waals surface area (Å²) in [6.07, 6.45) is 0.253. The number of nitrogens with one attached hydrogen (secondary N) is 1. The molecule has 0 spiro atoms. The average molecular weight is 279 g/mol. The van der Waals surface area contributed by atoms with Gasteiger partial charge in [-0.1, -0.05) is 23.8 Å². The minimum Gasteiger partial charge on any atom is -0.313 e. The van der Waals surface area contributed by atoms with Gasteiger partial charge in [0.2, 0.25) is 0 Å². The van der Waals surface area contributed by atoms with E-state index in [2.05, 4.69) is 5.32 Å². The first-order valence-corrected chi connectivity index (χ1v) is 6.38. The van der Waals surface area contributed by atoms with Crippen LogP contribution >= 0.6 is 0 Å². The van der Waals surface area contributed by atoms with E-state index in [1.165, 1.54) is 18.2 Å². The van der Waals surface area contributed by atoms with Gasteiger partial charge in [-0.15, -0.1) is 0 Å². The zero-order valence-electron chi connectivity index (χ0n) is 11.4. The van der Waals surface area contributed by atoms with Crippen LogP contribution in [0.25, 0.3) is 0 Å². The Bertz CT molecular complexity index is 611. The molecule has 0 fully saturated rings. The number of rotatable bonds is 4. The molecule has 1 atom stereocenters. The SMILES string of the molecule is CNC(Cc1ccc(F)cc1F)c1cc(C)ccc1F. The molecule has 1 nitrogen and oxygen atoms in total. The van der Waals surface area contributed by atoms with Crippen LogP contribution in [0.15, 0.2) is 36.4 Å². The third kappa shape index (κ3) is 3.20. The number of likely N-dealkylation sites (N-methyl/N-ethyl adjacent to an activating group) is 1. The molecule has 4 heteroatoms. The molecule has 20 heavy (non-hydrogen) atoms. The van der Waals surface area contributed by atoms with Crippen LogP contribution in [0.4, 0.5) is 13.2 Å². The molecule has 0 saturated heterocycles. The highest BCUT2D eigenvalue weighted by Crippen LogP contribution is 2.23. The molecule has 0 heterocycles. The molecule has 0 aromatic heterocycles. The molecule has 2 aromatic carbocycles. The highest BCUT2D eigenvalue weighted by molar-refractivity contribution is 5.29. The summed E-state index contributed by atoms with van der Waals surface area (Å²) in [5, 5.41) is 2.98. The second-order valence-electron chi connectivity index (χ2n) is 4.81. The summed E-state index contributed by atoms with van der Waals surface area (Å²) in [4.78, 5) is 0. The second kappa shape index (κ2) is 6.09. The highest BCUT2D eigenvalue weighted by atomic mass is 19.1. The first-order chi connectivity index (χ1) is 9.51. The summed E-state index contributed by atoms with van der Waals surface area (Å²) in [5.41, 5.74) is 1.77. The van der Waals surface area contributed by atoms with E-state index in [4.69, 9.17) is 0 Å². The fourth-order valence-corrected chi connectivity index (χ4v) is 2.20. The van der Waals surface area contributed by atoms with Crippen molar-refractivity contribution in [3.05, 3.63) is 70.5 Å². The summed E-state index contributed by atoms with van der Waals surface area (Å²) in [6, 6.07) is 7.89. The lowest BCUT2D eigenvalue weighted by atomic mass is 9.97. The molecule has 0 bridgehead atoms. The number of hydrogen-bond acceptors (Lipinski definition) is 1. The van der Waals surface area contributed by atoms with E-state index in [1.807, 2.05) is 6.92 Å². The molecule has 2 rings (SSSR count). The van der Waals surface area contributed by atoms with Gasteiger partial charge in [0.25, 0.3) is 0 Å². The van der Waals surface area contributed by atoms with E-state index >= 15 is 0 Å². The third-order valence-corrected chi connectivity index (χ3v) is 3.31. The van der Waals surface area contributed by atoms with Gasteiger partial charge in [0.1, 0.15) is 17.5 Å². The Kier molecular flexibility index (Phi) is 4.45. The molecule has 0 saturated carbocycles. The minimum atomic E-state index is -0.617. The minimum absolute atomic E-state index is 0.253. The molecule has 0 radical (unpaired) electrons. The van der Waals surface area contributed by atoms with Gasteiger partial charge in [-0.25, -0.2) is 13.2 Å². The molecule has 0 aliphatic carbocycles. The molecular formula is C16H16F3N. The lowest BCUT2D eigenvalue weighted by molar-refractivity contribution is 0.514. The van der Waals surface area contributed by atoms with Crippen molar-refractivity contribution in [3.8, 4) is 0 Å². The van der Waals surface area contributed by atoms with Crippen molar-refractivity contribution >= 4 is 0 Å². The summed E-state index contributed by atoms with van der Waals surface area (Å²) < 4.78 is 40.5. The van der Waals surface area contributed by atoms with Crippen molar-refractivity contribution in [2.75, 3.05) is 7.05 Å². The van der Waals surface area contributed by atoms with E-state index in [9.17, 15) is 13.2 Å². The second-order valence-corrected chi connectivity index (χ2v) is 4.81. The smallest absolute Gasteiger partial charge is 0.129 e. The standard InChI is InChI=1S/C16H16F3N/c1-10-3-6-14(18)13(7-10)16(20-2)8-11-4-5-12(17)9-15(11)19/h3-7,9,16,20H,8H2,1-2H3. The predicted octanol–water partition coefficient (Wildman–Crippen LogP) is 3.92. The van der Waals surface area contributed by atoms with Crippen LogP contribution < -0.4 is 5.32 Å². The third-order valence-electron chi connectivity index (χ3n) is 3.31. The zero-order chi connectivity index (χ0) is 14.7. The van der Waals surface area contributed by atoms with Gasteiger partial charge >= 0.3 is 0 Å². The van der Waals surface area contributed by atoms with Crippen LogP contribution in [0.5, 0.6) is 0 Å². The lowest BCUT2D eigenvalue weighted by Gasteiger charge is -2.18. The Morgan fingerprint density at radius 2 is 1.75 bits per heavy atom. The summed E-state index contributed by atoms with van der Waals surface area (Å²) in [7, 11) is 1.69. The Morgan fingerprint density at radius 1 is 1.00 bits per heavy atom. The van der Waals surface area contributed by atoms with E-state index in [1.54, 1.807) is 19.2 Å². The van der Waals surface area contributed by atoms with Crippen molar-refractivity contribution in [1.29, 1.82) is 0 Å². The van der Waals surface area contributed by atoms with Crippen molar-refractivity contribution in [2.24, 2.45) is 0 Å². The van der Waals surface area contributed by atoms with Crippen LogP contribution in [0.3, 0.4) is 0 Å². The molecule has 1 N–H and O–H groups in total. The topological polar surface area (TPSA) is 12.0 Å². The number of hydrogen-bond donors (Lipinski definition) is 1. The Hall–Kier alpha value is -1.81. The van der Waals surface area contributed by atoms with Gasteiger partial charge < -0.3 is 5.32 Å². The average Bonchev–Trinajstić information content (AvgIpc) is 2.41. The van der Waals surface area contributed by atoms with Crippen molar-refractivity contribution < 1.29 is 13.2 Å². The van der Waals surface area contributed by atoms with E-state index < -0.39 is 11.6 Å². The fourth-order valence-electron chi connectivity index (χ4n) is 2.20. The fraction of sp³-hybridized carbons (Fsp3) is 0.250. The van der Waals surface area contributed by atoms with Gasteiger partial charge in [-0.3, -0.25) is 0 Å². The van der Waals surface area contributed by atoms with Crippen LogP contribution in [0.1, 0.15) is 22.7 Å². The number of benzene rings is 2. The Balaban J connectivity index is 2.31. The molecule has 0 amide bonds. The molecule has 0 aliphatic heterocycles. The quantitative estimate of drug-likeness (QED) is 0.894. The van der Waals surface area contributed by atoms with Gasteiger partial charge in [0, 0.05) is 17.7 Å². The van der Waals surface area contributed by atoms with Gasteiger partial charge in [0.05, 0.1) is 0 Å². The van der Waals surface area contributed by atoms with Crippen LogP contribution in [0, 0.1) is 24.4 Å². The van der Waals surface area contributed by atoms with Gasteiger partial charge in [-0.05, 0) is 38.1 Å². The molecule has 0 aliphatic rings. The van der Waals surface area contributed by atoms with Gasteiger partial charge in [-0.2, -0.15) is 0 Å². The monoisotopic (exact) mass is 279 g/mol. The van der Waals surface area contributed by atoms with Crippen molar-refractivity contribution in [2.45, 2.75) is 19.4 Å². The molecule has 1 unspecified atom stereocenters.